The molecule has 3 rings (SSSR count). The van der Waals surface area contributed by atoms with E-state index in [9.17, 15) is 8.42 Å². The smallest absolute Gasteiger partial charge is 0.179 e. The van der Waals surface area contributed by atoms with Crippen LogP contribution in [0.15, 0.2) is 53.4 Å². The maximum atomic E-state index is 13.1. The van der Waals surface area contributed by atoms with Gasteiger partial charge in [0.1, 0.15) is 0 Å². The molecule has 0 spiro atoms. The van der Waals surface area contributed by atoms with Crippen LogP contribution in [0.25, 0.3) is 0 Å². The molecule has 0 saturated heterocycles. The van der Waals surface area contributed by atoms with Gasteiger partial charge in [0.2, 0.25) is 0 Å². The van der Waals surface area contributed by atoms with Gasteiger partial charge in [-0.3, -0.25) is 0 Å². The van der Waals surface area contributed by atoms with Crippen molar-refractivity contribution in [2.24, 2.45) is 5.41 Å². The van der Waals surface area contributed by atoms with Crippen LogP contribution >= 0.6 is 0 Å². The number of sulfone groups is 1. The molecule has 2 nitrogen and oxygen atoms in total. The molecule has 2 aromatic rings. The van der Waals surface area contributed by atoms with Gasteiger partial charge in [-0.25, -0.2) is 8.42 Å². The average molecular weight is 401 g/mol. The molecule has 3 heteroatoms. The Morgan fingerprint density at radius 2 is 1.68 bits per heavy atom. The second-order valence-electron chi connectivity index (χ2n) is 7.82. The molecule has 2 aromatic carbocycles. The fourth-order valence-electron chi connectivity index (χ4n) is 4.23. The highest BCUT2D eigenvalue weighted by molar-refractivity contribution is 7.91. The lowest BCUT2D eigenvalue weighted by Crippen LogP contribution is -2.28. The Balaban J connectivity index is 0.00000136. The van der Waals surface area contributed by atoms with E-state index in [1.54, 1.807) is 0 Å². The maximum Gasteiger partial charge on any atom is 0.179 e. The molecule has 0 aromatic heterocycles. The number of rotatable bonds is 6. The van der Waals surface area contributed by atoms with Gasteiger partial charge in [-0.15, -0.1) is 0 Å². The standard InChI is InChI=1S/C23H30O2S.C2H6/c1-3-5-14-23(4-2)15-13-21-17-20(16-19-9-7-6-8-10-19)11-12-22(21)26(24,25)18-23;1-2/h6-12,17H,3-5,13-16,18H2,1-2H3;1-2H3/t23-;/m0./s1. The van der Waals surface area contributed by atoms with Crippen molar-refractivity contribution in [1.82, 2.24) is 0 Å². The molecule has 1 heterocycles. The lowest BCUT2D eigenvalue weighted by molar-refractivity contribution is 0.259. The van der Waals surface area contributed by atoms with Crippen LogP contribution in [-0.2, 0) is 22.7 Å². The molecule has 0 bridgehead atoms. The van der Waals surface area contributed by atoms with E-state index < -0.39 is 9.84 Å². The summed E-state index contributed by atoms with van der Waals surface area (Å²) < 4.78 is 26.2. The van der Waals surface area contributed by atoms with Crippen molar-refractivity contribution in [1.29, 1.82) is 0 Å². The second kappa shape index (κ2) is 10.2. The highest BCUT2D eigenvalue weighted by atomic mass is 32.2. The largest absolute Gasteiger partial charge is 0.224 e. The Morgan fingerprint density at radius 3 is 2.32 bits per heavy atom. The number of aryl methyl sites for hydroxylation is 1. The van der Waals surface area contributed by atoms with Crippen LogP contribution in [0.1, 0.15) is 76.5 Å². The summed E-state index contributed by atoms with van der Waals surface area (Å²) in [7, 11) is -3.22. The minimum atomic E-state index is -3.22. The van der Waals surface area contributed by atoms with Gasteiger partial charge < -0.3 is 0 Å². The van der Waals surface area contributed by atoms with Crippen molar-refractivity contribution < 1.29 is 8.42 Å². The third-order valence-corrected chi connectivity index (χ3v) is 8.00. The van der Waals surface area contributed by atoms with E-state index in [1.165, 1.54) is 11.1 Å². The summed E-state index contributed by atoms with van der Waals surface area (Å²) in [5, 5.41) is 0. The fourth-order valence-corrected chi connectivity index (χ4v) is 6.52. The van der Waals surface area contributed by atoms with Gasteiger partial charge in [0.05, 0.1) is 10.6 Å². The van der Waals surface area contributed by atoms with Gasteiger partial charge in [-0.2, -0.15) is 0 Å². The number of hydrogen-bond acceptors (Lipinski definition) is 2. The number of hydrogen-bond donors (Lipinski definition) is 0. The van der Waals surface area contributed by atoms with E-state index in [0.717, 1.165) is 50.5 Å². The predicted molar refractivity (Wildman–Crippen MR) is 120 cm³/mol. The molecule has 1 atom stereocenters. The van der Waals surface area contributed by atoms with Crippen LogP contribution in [0.4, 0.5) is 0 Å². The van der Waals surface area contributed by atoms with E-state index in [1.807, 2.05) is 44.2 Å². The summed E-state index contributed by atoms with van der Waals surface area (Å²) in [6, 6.07) is 16.3. The first-order chi connectivity index (χ1) is 13.5. The lowest BCUT2D eigenvalue weighted by Gasteiger charge is -2.31. The van der Waals surface area contributed by atoms with E-state index >= 15 is 0 Å². The molecule has 1 aliphatic heterocycles. The van der Waals surface area contributed by atoms with Crippen LogP contribution in [0.5, 0.6) is 0 Å². The molecular formula is C25H36O2S. The van der Waals surface area contributed by atoms with Gasteiger partial charge in [0.15, 0.2) is 9.84 Å². The molecule has 154 valence electrons. The zero-order chi connectivity index (χ0) is 20.6. The summed E-state index contributed by atoms with van der Waals surface area (Å²) in [5.74, 6) is 0.307. The zero-order valence-electron chi connectivity index (χ0n) is 18.0. The number of benzene rings is 2. The molecule has 0 amide bonds. The number of unbranched alkanes of at least 4 members (excludes halogenated alkanes) is 1. The summed E-state index contributed by atoms with van der Waals surface area (Å²) >= 11 is 0. The van der Waals surface area contributed by atoms with Crippen LogP contribution in [0, 0.1) is 5.41 Å². The summed E-state index contributed by atoms with van der Waals surface area (Å²) in [5.41, 5.74) is 3.41. The Bertz CT molecular complexity index is 840. The van der Waals surface area contributed by atoms with E-state index in [-0.39, 0.29) is 5.41 Å². The first-order valence-electron chi connectivity index (χ1n) is 10.9. The molecule has 0 fully saturated rings. The van der Waals surface area contributed by atoms with Crippen molar-refractivity contribution in [3.63, 3.8) is 0 Å². The molecule has 28 heavy (non-hydrogen) atoms. The minimum absolute atomic E-state index is 0.0620. The molecule has 0 radical (unpaired) electrons. The molecular weight excluding hydrogens is 364 g/mol. The van der Waals surface area contributed by atoms with Crippen LogP contribution in [-0.4, -0.2) is 14.2 Å². The first-order valence-corrected chi connectivity index (χ1v) is 12.5. The SMILES string of the molecule is CC.CCCC[C@@]1(CC)CCc2cc(Cc3ccccc3)ccc2S(=O)(=O)C1. The van der Waals surface area contributed by atoms with Gasteiger partial charge in [0, 0.05) is 0 Å². The molecule has 0 unspecified atom stereocenters. The normalized spacial score (nSPS) is 20.4. The lowest BCUT2D eigenvalue weighted by atomic mass is 9.77. The van der Waals surface area contributed by atoms with Crippen LogP contribution < -0.4 is 0 Å². The van der Waals surface area contributed by atoms with Crippen molar-refractivity contribution in [2.45, 2.75) is 77.5 Å². The Labute approximate surface area is 172 Å². The summed E-state index contributed by atoms with van der Waals surface area (Å²) in [6.07, 6.45) is 6.89. The molecule has 0 N–H and O–H groups in total. The highest BCUT2D eigenvalue weighted by Crippen LogP contribution is 2.41. The minimum Gasteiger partial charge on any atom is -0.224 e. The van der Waals surface area contributed by atoms with Gasteiger partial charge in [-0.05, 0) is 60.3 Å². The average Bonchev–Trinajstić information content (AvgIpc) is 2.83. The quantitative estimate of drug-likeness (QED) is 0.547. The maximum absolute atomic E-state index is 13.1. The fraction of sp³-hybridized carbons (Fsp3) is 0.520. The summed E-state index contributed by atoms with van der Waals surface area (Å²) in [4.78, 5) is 0.570. The van der Waals surface area contributed by atoms with Crippen molar-refractivity contribution in [3.05, 3.63) is 65.2 Å². The second-order valence-corrected chi connectivity index (χ2v) is 9.78. The Morgan fingerprint density at radius 1 is 0.964 bits per heavy atom. The third kappa shape index (κ3) is 5.47. The Hall–Kier alpha value is -1.61. The van der Waals surface area contributed by atoms with Gasteiger partial charge in [-0.1, -0.05) is 83.0 Å². The van der Waals surface area contributed by atoms with Gasteiger partial charge >= 0.3 is 0 Å². The summed E-state index contributed by atoms with van der Waals surface area (Å²) in [6.45, 7) is 8.33. The highest BCUT2D eigenvalue weighted by Gasteiger charge is 2.37. The molecule has 1 aliphatic rings. The van der Waals surface area contributed by atoms with Crippen molar-refractivity contribution in [3.8, 4) is 0 Å². The molecule has 0 saturated carbocycles. The first kappa shape index (κ1) is 22.7. The molecule has 0 aliphatic carbocycles. The van der Waals surface area contributed by atoms with Crippen molar-refractivity contribution >= 4 is 9.84 Å². The predicted octanol–water partition coefficient (Wildman–Crippen LogP) is 6.61. The van der Waals surface area contributed by atoms with Crippen molar-refractivity contribution in [2.75, 3.05) is 5.75 Å². The van der Waals surface area contributed by atoms with E-state index in [4.69, 9.17) is 0 Å². The zero-order valence-corrected chi connectivity index (χ0v) is 18.8. The monoisotopic (exact) mass is 400 g/mol. The van der Waals surface area contributed by atoms with E-state index in [2.05, 4.69) is 32.0 Å². The number of fused-ring (bicyclic) bond motifs is 1. The van der Waals surface area contributed by atoms with Crippen LogP contribution in [0.2, 0.25) is 0 Å². The van der Waals surface area contributed by atoms with Crippen LogP contribution in [0.3, 0.4) is 0 Å². The topological polar surface area (TPSA) is 34.1 Å². The van der Waals surface area contributed by atoms with E-state index in [0.29, 0.717) is 10.6 Å². The Kier molecular flexibility index (Phi) is 8.30. The third-order valence-electron chi connectivity index (χ3n) is 5.94. The van der Waals surface area contributed by atoms with Gasteiger partial charge in [0.25, 0.3) is 0 Å².